The molecule has 0 heterocycles. The van der Waals surface area contributed by atoms with E-state index in [1.807, 2.05) is 30.3 Å². The molecule has 21 heavy (non-hydrogen) atoms. The maximum atomic E-state index is 12.0. The van der Waals surface area contributed by atoms with Crippen molar-refractivity contribution in [2.24, 2.45) is 0 Å². The van der Waals surface area contributed by atoms with Crippen LogP contribution in [0.4, 0.5) is 5.69 Å². The van der Waals surface area contributed by atoms with Crippen molar-refractivity contribution >= 4 is 15.7 Å². The van der Waals surface area contributed by atoms with Crippen LogP contribution in [0.25, 0.3) is 0 Å². The van der Waals surface area contributed by atoms with E-state index in [0.29, 0.717) is 12.1 Å². The molecular formula is C16H19NO3S. The number of rotatable bonds is 6. The molecule has 0 radical (unpaired) electrons. The van der Waals surface area contributed by atoms with Crippen molar-refractivity contribution in [3.8, 4) is 0 Å². The third kappa shape index (κ3) is 4.88. The van der Waals surface area contributed by atoms with E-state index in [-0.39, 0.29) is 5.75 Å². The lowest BCUT2D eigenvalue weighted by molar-refractivity contribution is 0.199. The fraction of sp³-hybridized carbons (Fsp3) is 0.250. The summed E-state index contributed by atoms with van der Waals surface area (Å²) in [5, 5.41) is 9.42. The van der Waals surface area contributed by atoms with E-state index in [2.05, 4.69) is 4.72 Å². The Kier molecular flexibility index (Phi) is 4.98. The lowest BCUT2D eigenvalue weighted by Gasteiger charge is -2.10. The molecule has 0 saturated heterocycles. The third-order valence-corrected chi connectivity index (χ3v) is 4.46. The first kappa shape index (κ1) is 15.5. The van der Waals surface area contributed by atoms with Gasteiger partial charge in [-0.15, -0.1) is 0 Å². The van der Waals surface area contributed by atoms with Crippen LogP contribution in [0, 0.1) is 0 Å². The monoisotopic (exact) mass is 305 g/mol. The number of aliphatic hydroxyl groups is 1. The van der Waals surface area contributed by atoms with Crippen LogP contribution in [0.2, 0.25) is 0 Å². The predicted molar refractivity (Wildman–Crippen MR) is 84.6 cm³/mol. The van der Waals surface area contributed by atoms with Gasteiger partial charge in [0.25, 0.3) is 0 Å². The first-order chi connectivity index (χ1) is 9.96. The molecule has 2 rings (SSSR count). The van der Waals surface area contributed by atoms with Crippen LogP contribution in [0.5, 0.6) is 0 Å². The quantitative estimate of drug-likeness (QED) is 0.862. The molecule has 0 aliphatic carbocycles. The van der Waals surface area contributed by atoms with Gasteiger partial charge in [0.15, 0.2) is 0 Å². The minimum absolute atomic E-state index is 0.0369. The second kappa shape index (κ2) is 6.74. The van der Waals surface area contributed by atoms with E-state index >= 15 is 0 Å². The topological polar surface area (TPSA) is 66.4 Å². The van der Waals surface area contributed by atoms with Gasteiger partial charge in [0.05, 0.1) is 11.9 Å². The summed E-state index contributed by atoms with van der Waals surface area (Å²) in [6, 6.07) is 16.2. The highest BCUT2D eigenvalue weighted by Gasteiger charge is 2.11. The largest absolute Gasteiger partial charge is 0.389 e. The summed E-state index contributed by atoms with van der Waals surface area (Å²) in [5.41, 5.74) is 2.25. The van der Waals surface area contributed by atoms with Gasteiger partial charge in [0.2, 0.25) is 10.0 Å². The molecule has 112 valence electrons. The molecule has 0 bridgehead atoms. The Morgan fingerprint density at radius 2 is 1.67 bits per heavy atom. The van der Waals surface area contributed by atoms with Crippen LogP contribution in [0.3, 0.4) is 0 Å². The Morgan fingerprint density at radius 1 is 1.05 bits per heavy atom. The van der Waals surface area contributed by atoms with E-state index < -0.39 is 16.1 Å². The first-order valence-electron chi connectivity index (χ1n) is 6.79. The molecule has 0 spiro atoms. The zero-order valence-electron chi connectivity index (χ0n) is 11.9. The molecule has 1 atom stereocenters. The van der Waals surface area contributed by atoms with E-state index in [1.54, 1.807) is 31.2 Å². The number of sulfonamides is 1. The van der Waals surface area contributed by atoms with Crippen molar-refractivity contribution < 1.29 is 13.5 Å². The number of aryl methyl sites for hydroxylation is 1. The summed E-state index contributed by atoms with van der Waals surface area (Å²) in [5.74, 6) is 0.0369. The van der Waals surface area contributed by atoms with E-state index in [0.717, 1.165) is 11.1 Å². The van der Waals surface area contributed by atoms with Gasteiger partial charge in [-0.1, -0.05) is 42.5 Å². The second-order valence-corrected chi connectivity index (χ2v) is 6.80. The van der Waals surface area contributed by atoms with E-state index in [4.69, 9.17) is 0 Å². The standard InChI is InChI=1S/C16H19NO3S/c1-13(18)15-7-9-16(10-8-15)17-21(19,20)12-11-14-5-3-2-4-6-14/h2-10,13,17-18H,11-12H2,1H3. The first-order valence-corrected chi connectivity index (χ1v) is 8.44. The number of anilines is 1. The SMILES string of the molecule is CC(O)c1ccc(NS(=O)(=O)CCc2ccccc2)cc1. The molecule has 0 aliphatic heterocycles. The highest BCUT2D eigenvalue weighted by molar-refractivity contribution is 7.92. The number of nitrogens with one attached hydrogen (secondary N) is 1. The van der Waals surface area contributed by atoms with Gasteiger partial charge in [-0.25, -0.2) is 8.42 Å². The molecule has 2 N–H and O–H groups in total. The van der Waals surface area contributed by atoms with Gasteiger partial charge in [0.1, 0.15) is 0 Å². The van der Waals surface area contributed by atoms with Gasteiger partial charge in [-0.05, 0) is 36.6 Å². The minimum Gasteiger partial charge on any atom is -0.389 e. The predicted octanol–water partition coefficient (Wildman–Crippen LogP) is 2.72. The molecule has 1 unspecified atom stereocenters. The Balaban J connectivity index is 1.97. The normalized spacial score (nSPS) is 12.9. The molecule has 2 aromatic rings. The summed E-state index contributed by atoms with van der Waals surface area (Å²) in [6.45, 7) is 1.67. The molecule has 0 aromatic heterocycles. The fourth-order valence-electron chi connectivity index (χ4n) is 1.96. The Morgan fingerprint density at radius 3 is 2.24 bits per heavy atom. The Hall–Kier alpha value is -1.85. The Bertz CT molecular complexity index is 664. The maximum Gasteiger partial charge on any atom is 0.233 e. The molecule has 0 fully saturated rings. The smallest absolute Gasteiger partial charge is 0.233 e. The second-order valence-electron chi connectivity index (χ2n) is 4.95. The van der Waals surface area contributed by atoms with E-state index in [1.165, 1.54) is 0 Å². The highest BCUT2D eigenvalue weighted by atomic mass is 32.2. The van der Waals surface area contributed by atoms with Crippen molar-refractivity contribution in [1.82, 2.24) is 0 Å². The lowest BCUT2D eigenvalue weighted by Crippen LogP contribution is -2.18. The Labute approximate surface area is 125 Å². The molecule has 0 amide bonds. The van der Waals surface area contributed by atoms with Crippen LogP contribution in [-0.2, 0) is 16.4 Å². The molecule has 0 saturated carbocycles. The average Bonchev–Trinajstić information content (AvgIpc) is 2.46. The lowest BCUT2D eigenvalue weighted by atomic mass is 10.1. The molecule has 0 aliphatic rings. The molecule has 5 heteroatoms. The molecular weight excluding hydrogens is 286 g/mol. The van der Waals surface area contributed by atoms with Gasteiger partial charge in [-0.2, -0.15) is 0 Å². The number of aliphatic hydroxyl groups excluding tert-OH is 1. The van der Waals surface area contributed by atoms with Crippen LogP contribution < -0.4 is 4.72 Å². The maximum absolute atomic E-state index is 12.0. The fourth-order valence-corrected chi connectivity index (χ4v) is 3.06. The van der Waals surface area contributed by atoms with E-state index in [9.17, 15) is 13.5 Å². The van der Waals surface area contributed by atoms with Gasteiger partial charge in [-0.3, -0.25) is 4.72 Å². The van der Waals surface area contributed by atoms with Gasteiger partial charge < -0.3 is 5.11 Å². The number of hydrogen-bond acceptors (Lipinski definition) is 3. The summed E-state index contributed by atoms with van der Waals surface area (Å²) in [7, 11) is -3.38. The summed E-state index contributed by atoms with van der Waals surface area (Å²) in [4.78, 5) is 0. The minimum atomic E-state index is -3.38. The van der Waals surface area contributed by atoms with Crippen LogP contribution >= 0.6 is 0 Å². The summed E-state index contributed by atoms with van der Waals surface area (Å²) in [6.07, 6.45) is -0.0872. The van der Waals surface area contributed by atoms with Crippen LogP contribution in [-0.4, -0.2) is 19.3 Å². The highest BCUT2D eigenvalue weighted by Crippen LogP contribution is 2.16. The van der Waals surface area contributed by atoms with Crippen molar-refractivity contribution in [1.29, 1.82) is 0 Å². The van der Waals surface area contributed by atoms with Crippen LogP contribution in [0.1, 0.15) is 24.2 Å². The van der Waals surface area contributed by atoms with Crippen molar-refractivity contribution in [3.63, 3.8) is 0 Å². The zero-order chi connectivity index (χ0) is 15.3. The molecule has 4 nitrogen and oxygen atoms in total. The van der Waals surface area contributed by atoms with Gasteiger partial charge >= 0.3 is 0 Å². The summed E-state index contributed by atoms with van der Waals surface area (Å²) < 4.78 is 26.6. The third-order valence-electron chi connectivity index (χ3n) is 3.17. The van der Waals surface area contributed by atoms with Gasteiger partial charge in [0, 0.05) is 5.69 Å². The van der Waals surface area contributed by atoms with Crippen molar-refractivity contribution in [2.45, 2.75) is 19.4 Å². The van der Waals surface area contributed by atoms with Crippen molar-refractivity contribution in [2.75, 3.05) is 10.5 Å². The van der Waals surface area contributed by atoms with Crippen LogP contribution in [0.15, 0.2) is 54.6 Å². The average molecular weight is 305 g/mol. The number of benzene rings is 2. The number of hydrogen-bond donors (Lipinski definition) is 2. The van der Waals surface area contributed by atoms with Crippen molar-refractivity contribution in [3.05, 3.63) is 65.7 Å². The summed E-state index contributed by atoms with van der Waals surface area (Å²) >= 11 is 0. The zero-order valence-corrected chi connectivity index (χ0v) is 12.7. The molecule has 2 aromatic carbocycles.